The van der Waals surface area contributed by atoms with Crippen molar-refractivity contribution in [1.82, 2.24) is 4.57 Å². The number of para-hydroxylation sites is 2. The van der Waals surface area contributed by atoms with Crippen LogP contribution in [-0.2, 0) is 6.42 Å². The Morgan fingerprint density at radius 3 is 2.13 bits per heavy atom. The number of allylic oxidation sites excluding steroid dienone is 3. The number of aromatic nitrogens is 1. The smallest absolute Gasteiger partial charge is 0.0559 e. The maximum Gasteiger partial charge on any atom is 0.0559 e. The third-order valence-corrected chi connectivity index (χ3v) is 7.79. The Bertz CT molecular complexity index is 1670. The Balaban J connectivity index is 1.21. The molecule has 38 heavy (non-hydrogen) atoms. The third kappa shape index (κ3) is 3.99. The second-order valence-electron chi connectivity index (χ2n) is 10.1. The molecule has 2 nitrogen and oxygen atoms in total. The van der Waals surface area contributed by atoms with Crippen LogP contribution < -0.4 is 4.90 Å². The van der Waals surface area contributed by atoms with Crippen LogP contribution in [0.5, 0.6) is 0 Å². The van der Waals surface area contributed by atoms with Crippen LogP contribution in [0.3, 0.4) is 0 Å². The molecule has 0 spiro atoms. The molecule has 0 saturated carbocycles. The SMILES string of the molecule is C1=CCC(N(c2ccccc2)c2ccc(-c3ccc(-n4c5c(c6ccccc64)CCC=C5)cc3)cc2)C=C1. The second-order valence-corrected chi connectivity index (χ2v) is 10.1. The maximum absolute atomic E-state index is 2.43. The number of nitrogens with zero attached hydrogens (tertiary/aromatic N) is 2. The maximum atomic E-state index is 2.43. The lowest BCUT2D eigenvalue weighted by Crippen LogP contribution is -2.29. The molecule has 1 unspecified atom stereocenters. The average molecular weight is 491 g/mol. The number of anilines is 2. The van der Waals surface area contributed by atoms with Crippen LogP contribution in [-0.4, -0.2) is 10.6 Å². The first-order chi connectivity index (χ1) is 18.9. The standard InChI is InChI=1S/C36H30N2/c1-3-11-29(12-4-1)37(30-13-5-2-6-14-30)31-23-19-27(20-24-31)28-21-25-32(26-22-28)38-35-17-9-7-15-33(35)34-16-8-10-18-36(34)38/h1-7,9-13,15,17-26,30H,8,14,16H2. The average Bonchev–Trinajstić information content (AvgIpc) is 3.33. The van der Waals surface area contributed by atoms with Gasteiger partial charge in [0.05, 0.1) is 11.6 Å². The van der Waals surface area contributed by atoms with Crippen LogP contribution >= 0.6 is 0 Å². The molecule has 0 fully saturated rings. The highest BCUT2D eigenvalue weighted by atomic mass is 15.2. The van der Waals surface area contributed by atoms with Crippen molar-refractivity contribution in [3.63, 3.8) is 0 Å². The van der Waals surface area contributed by atoms with E-state index in [2.05, 4.69) is 149 Å². The highest BCUT2D eigenvalue weighted by Crippen LogP contribution is 2.35. The predicted molar refractivity (Wildman–Crippen MR) is 161 cm³/mol. The van der Waals surface area contributed by atoms with E-state index in [0.29, 0.717) is 6.04 Å². The van der Waals surface area contributed by atoms with Gasteiger partial charge in [0.25, 0.3) is 0 Å². The van der Waals surface area contributed by atoms with E-state index >= 15 is 0 Å². The summed E-state index contributed by atoms with van der Waals surface area (Å²) >= 11 is 0. The fourth-order valence-corrected chi connectivity index (χ4v) is 5.96. The number of fused-ring (bicyclic) bond motifs is 3. The molecular formula is C36H30N2. The van der Waals surface area contributed by atoms with Crippen molar-refractivity contribution in [3.8, 4) is 16.8 Å². The molecule has 1 heterocycles. The summed E-state index contributed by atoms with van der Waals surface area (Å²) in [7, 11) is 0. The lowest BCUT2D eigenvalue weighted by molar-refractivity contribution is 0.785. The van der Waals surface area contributed by atoms with E-state index in [1.54, 1.807) is 0 Å². The molecule has 0 saturated heterocycles. The van der Waals surface area contributed by atoms with Crippen LogP contribution in [0.2, 0.25) is 0 Å². The van der Waals surface area contributed by atoms with Crippen LogP contribution in [0, 0.1) is 0 Å². The Morgan fingerprint density at radius 2 is 1.37 bits per heavy atom. The normalized spacial score (nSPS) is 16.1. The molecule has 2 aliphatic carbocycles. The highest BCUT2D eigenvalue weighted by molar-refractivity contribution is 5.90. The zero-order valence-corrected chi connectivity index (χ0v) is 21.4. The van der Waals surface area contributed by atoms with Crippen molar-refractivity contribution in [1.29, 1.82) is 0 Å². The first kappa shape index (κ1) is 22.6. The van der Waals surface area contributed by atoms with Crippen LogP contribution in [0.4, 0.5) is 11.4 Å². The molecule has 4 aromatic carbocycles. The molecule has 0 radical (unpaired) electrons. The monoisotopic (exact) mass is 490 g/mol. The van der Waals surface area contributed by atoms with E-state index in [9.17, 15) is 0 Å². The van der Waals surface area contributed by atoms with Gasteiger partial charge in [-0.3, -0.25) is 0 Å². The topological polar surface area (TPSA) is 8.17 Å². The second kappa shape index (κ2) is 9.72. The van der Waals surface area contributed by atoms with E-state index in [4.69, 9.17) is 0 Å². The minimum Gasteiger partial charge on any atom is -0.334 e. The number of benzene rings is 4. The van der Waals surface area contributed by atoms with Gasteiger partial charge in [0.2, 0.25) is 0 Å². The number of hydrogen-bond donors (Lipinski definition) is 0. The summed E-state index contributed by atoms with van der Waals surface area (Å²) in [6.07, 6.45) is 16.6. The van der Waals surface area contributed by atoms with Gasteiger partial charge in [0.15, 0.2) is 0 Å². The molecule has 1 aromatic heterocycles. The summed E-state index contributed by atoms with van der Waals surface area (Å²) in [6, 6.07) is 37.8. The van der Waals surface area contributed by atoms with Gasteiger partial charge in [0, 0.05) is 28.1 Å². The Morgan fingerprint density at radius 1 is 0.658 bits per heavy atom. The summed E-state index contributed by atoms with van der Waals surface area (Å²) in [5, 5.41) is 1.37. The molecule has 0 bridgehead atoms. The summed E-state index contributed by atoms with van der Waals surface area (Å²) in [6.45, 7) is 0. The van der Waals surface area contributed by atoms with Gasteiger partial charge in [-0.15, -0.1) is 0 Å². The van der Waals surface area contributed by atoms with Gasteiger partial charge in [-0.05, 0) is 84.5 Å². The fraction of sp³-hybridized carbons (Fsp3) is 0.111. The molecule has 2 aliphatic rings. The summed E-state index contributed by atoms with van der Waals surface area (Å²) in [5.41, 5.74) is 10.2. The summed E-state index contributed by atoms with van der Waals surface area (Å²) in [5.74, 6) is 0. The van der Waals surface area contributed by atoms with E-state index in [-0.39, 0.29) is 0 Å². The van der Waals surface area contributed by atoms with Crippen molar-refractivity contribution in [2.75, 3.05) is 4.90 Å². The molecule has 7 rings (SSSR count). The zero-order valence-electron chi connectivity index (χ0n) is 21.4. The van der Waals surface area contributed by atoms with Gasteiger partial charge >= 0.3 is 0 Å². The third-order valence-electron chi connectivity index (χ3n) is 7.79. The lowest BCUT2D eigenvalue weighted by atomic mass is 10.0. The molecular weight excluding hydrogens is 460 g/mol. The summed E-state index contributed by atoms with van der Waals surface area (Å²) in [4.78, 5) is 2.43. The molecule has 0 amide bonds. The van der Waals surface area contributed by atoms with Gasteiger partial charge in [0.1, 0.15) is 0 Å². The predicted octanol–water partition coefficient (Wildman–Crippen LogP) is 9.28. The number of hydrogen-bond acceptors (Lipinski definition) is 1. The highest BCUT2D eigenvalue weighted by Gasteiger charge is 2.20. The Kier molecular flexibility index (Phi) is 5.79. The summed E-state index contributed by atoms with van der Waals surface area (Å²) < 4.78 is 2.41. The Hall–Kier alpha value is -4.56. The van der Waals surface area contributed by atoms with Gasteiger partial charge in [-0.2, -0.15) is 0 Å². The van der Waals surface area contributed by atoms with Crippen LogP contribution in [0.15, 0.2) is 134 Å². The quantitative estimate of drug-likeness (QED) is 0.238. The van der Waals surface area contributed by atoms with Crippen molar-refractivity contribution in [2.45, 2.75) is 25.3 Å². The van der Waals surface area contributed by atoms with E-state index < -0.39 is 0 Å². The van der Waals surface area contributed by atoms with Crippen molar-refractivity contribution < 1.29 is 0 Å². The molecule has 1 atom stereocenters. The van der Waals surface area contributed by atoms with Crippen LogP contribution in [0.1, 0.15) is 24.1 Å². The van der Waals surface area contributed by atoms with Crippen LogP contribution in [0.25, 0.3) is 33.8 Å². The van der Waals surface area contributed by atoms with E-state index in [1.165, 1.54) is 50.3 Å². The molecule has 0 aliphatic heterocycles. The fourth-order valence-electron chi connectivity index (χ4n) is 5.96. The van der Waals surface area contributed by atoms with Gasteiger partial charge in [-0.25, -0.2) is 0 Å². The molecule has 184 valence electrons. The largest absolute Gasteiger partial charge is 0.334 e. The van der Waals surface area contributed by atoms with Gasteiger partial charge in [-0.1, -0.05) is 91.0 Å². The van der Waals surface area contributed by atoms with E-state index in [1.807, 2.05) is 0 Å². The number of aryl methyl sites for hydroxylation is 1. The zero-order chi connectivity index (χ0) is 25.3. The van der Waals surface area contributed by atoms with Crippen molar-refractivity contribution in [3.05, 3.63) is 145 Å². The van der Waals surface area contributed by atoms with Crippen molar-refractivity contribution in [2.24, 2.45) is 0 Å². The van der Waals surface area contributed by atoms with Crippen molar-refractivity contribution >= 4 is 28.4 Å². The minimum absolute atomic E-state index is 0.309. The first-order valence-corrected chi connectivity index (χ1v) is 13.5. The number of rotatable bonds is 5. The Labute approximate surface area is 224 Å². The van der Waals surface area contributed by atoms with Gasteiger partial charge < -0.3 is 9.47 Å². The minimum atomic E-state index is 0.309. The molecule has 2 heteroatoms. The molecule has 5 aromatic rings. The van der Waals surface area contributed by atoms with E-state index in [0.717, 1.165) is 19.3 Å². The first-order valence-electron chi connectivity index (χ1n) is 13.5. The lowest BCUT2D eigenvalue weighted by Gasteiger charge is -2.32. The molecule has 0 N–H and O–H groups in total.